The topological polar surface area (TPSA) is 163 Å². The number of benzene rings is 3. The molecule has 1 atom stereocenters. The Morgan fingerprint density at radius 3 is 2.25 bits per heavy atom. The smallest absolute Gasteiger partial charge is 0.411 e. The van der Waals surface area contributed by atoms with Crippen molar-refractivity contribution in [3.63, 3.8) is 0 Å². The SMILES string of the molecule is CCOC(=O)CNC(=O)OC1(c2cc(OC)ccc2OC)OC(=O)C(c2ccc3nsnc3c2)=C1Cc1cc(OC)c(OC(C)C)c(OC(C)C)c1. The fourth-order valence-corrected chi connectivity index (χ4v) is 6.21. The number of carbonyl (C=O) groups excluding carboxylic acids is 3. The predicted molar refractivity (Wildman–Crippen MR) is 191 cm³/mol. The molecule has 2 heterocycles. The van der Waals surface area contributed by atoms with Gasteiger partial charge in [-0.05, 0) is 88.2 Å². The van der Waals surface area contributed by atoms with E-state index in [1.54, 1.807) is 55.5 Å². The highest BCUT2D eigenvalue weighted by atomic mass is 32.1. The Kier molecular flexibility index (Phi) is 11.7. The number of nitrogens with zero attached hydrogens (tertiary/aromatic N) is 2. The van der Waals surface area contributed by atoms with Gasteiger partial charge in [0.1, 0.15) is 29.1 Å². The minimum absolute atomic E-state index is 0.0489. The maximum Gasteiger partial charge on any atom is 0.411 e. The number of cyclic esters (lactones) is 1. The second-order valence-corrected chi connectivity index (χ2v) is 12.6. The summed E-state index contributed by atoms with van der Waals surface area (Å²) in [6.45, 7) is 8.79. The van der Waals surface area contributed by atoms with E-state index in [0.29, 0.717) is 45.2 Å². The van der Waals surface area contributed by atoms with E-state index in [1.165, 1.54) is 21.3 Å². The van der Waals surface area contributed by atoms with Crippen molar-refractivity contribution in [2.75, 3.05) is 34.5 Å². The van der Waals surface area contributed by atoms with Crippen molar-refractivity contribution in [3.05, 3.63) is 70.8 Å². The number of amides is 1. The van der Waals surface area contributed by atoms with Gasteiger partial charge in [0.25, 0.3) is 0 Å². The van der Waals surface area contributed by atoms with E-state index in [0.717, 1.165) is 11.7 Å². The van der Waals surface area contributed by atoms with Crippen LogP contribution in [0.1, 0.15) is 51.3 Å². The molecule has 1 N–H and O–H groups in total. The number of fused-ring (bicyclic) bond motifs is 1. The monoisotopic (exact) mass is 735 g/mol. The van der Waals surface area contributed by atoms with Gasteiger partial charge in [0.15, 0.2) is 11.5 Å². The standard InChI is InChI=1S/C37H41N3O11S/c1-9-47-32(41)19-38-36(43)51-37(25-18-24(44-6)11-13-29(25)45-7)26(33(35(42)50-37)23-10-12-27-28(17-23)40-52-39-27)14-22-15-30(46-8)34(49-21(4)5)31(16-22)48-20(2)3/h10-13,15-18,20-21H,9,14,19H2,1-8H3,(H,38,43). The van der Waals surface area contributed by atoms with E-state index in [-0.39, 0.29) is 47.7 Å². The zero-order valence-corrected chi connectivity index (χ0v) is 31.0. The summed E-state index contributed by atoms with van der Waals surface area (Å²) in [5.74, 6) is -1.99. The first-order valence-electron chi connectivity index (χ1n) is 16.5. The second-order valence-electron chi connectivity index (χ2n) is 12.1. The quantitative estimate of drug-likeness (QED) is 0.142. The highest BCUT2D eigenvalue weighted by Gasteiger charge is 2.55. The number of hydrogen-bond donors (Lipinski definition) is 1. The van der Waals surface area contributed by atoms with Gasteiger partial charge in [-0.2, -0.15) is 8.75 Å². The minimum Gasteiger partial charge on any atom is -0.497 e. The first-order valence-corrected chi connectivity index (χ1v) is 17.2. The molecule has 1 unspecified atom stereocenters. The molecule has 52 heavy (non-hydrogen) atoms. The molecule has 3 aromatic carbocycles. The van der Waals surface area contributed by atoms with Crippen LogP contribution in [0.25, 0.3) is 16.6 Å². The lowest BCUT2D eigenvalue weighted by molar-refractivity contribution is -0.185. The number of aromatic nitrogens is 2. The lowest BCUT2D eigenvalue weighted by Crippen LogP contribution is -2.41. The minimum atomic E-state index is -2.25. The van der Waals surface area contributed by atoms with Gasteiger partial charge in [-0.25, -0.2) is 9.59 Å². The van der Waals surface area contributed by atoms with Gasteiger partial charge in [0.2, 0.25) is 5.75 Å². The van der Waals surface area contributed by atoms with Crippen molar-refractivity contribution in [2.24, 2.45) is 0 Å². The van der Waals surface area contributed by atoms with Crippen LogP contribution in [0.2, 0.25) is 0 Å². The highest BCUT2D eigenvalue weighted by Crippen LogP contribution is 2.52. The maximum absolute atomic E-state index is 14.3. The Balaban J connectivity index is 1.79. The number of esters is 2. The Labute approximate surface area is 305 Å². The molecule has 1 aromatic heterocycles. The fourth-order valence-electron chi connectivity index (χ4n) is 5.70. The van der Waals surface area contributed by atoms with Gasteiger partial charge in [-0.3, -0.25) is 4.79 Å². The van der Waals surface area contributed by atoms with Crippen molar-refractivity contribution in [3.8, 4) is 28.7 Å². The zero-order valence-electron chi connectivity index (χ0n) is 30.2. The molecule has 1 aliphatic rings. The molecular formula is C37H41N3O11S. The molecule has 1 aliphatic heterocycles. The van der Waals surface area contributed by atoms with Crippen LogP contribution in [-0.4, -0.2) is 73.5 Å². The van der Waals surface area contributed by atoms with Crippen molar-refractivity contribution < 1.29 is 52.3 Å². The summed E-state index contributed by atoms with van der Waals surface area (Å²) in [5.41, 5.74) is 2.67. The number of rotatable bonds is 15. The van der Waals surface area contributed by atoms with Gasteiger partial charge < -0.3 is 43.2 Å². The number of nitrogens with one attached hydrogen (secondary N) is 1. The first kappa shape index (κ1) is 37.7. The third-order valence-electron chi connectivity index (χ3n) is 7.76. The van der Waals surface area contributed by atoms with Crippen LogP contribution in [0.3, 0.4) is 0 Å². The van der Waals surface area contributed by atoms with E-state index >= 15 is 0 Å². The summed E-state index contributed by atoms with van der Waals surface area (Å²) < 4.78 is 55.4. The normalized spacial score (nSPS) is 15.5. The van der Waals surface area contributed by atoms with E-state index < -0.39 is 30.4 Å². The molecule has 276 valence electrons. The Hall–Kier alpha value is -5.57. The number of hydrogen-bond acceptors (Lipinski definition) is 14. The number of ether oxygens (including phenoxy) is 8. The maximum atomic E-state index is 14.3. The molecule has 1 amide bonds. The third-order valence-corrected chi connectivity index (χ3v) is 8.32. The second kappa shape index (κ2) is 16.2. The van der Waals surface area contributed by atoms with E-state index in [1.807, 2.05) is 27.7 Å². The summed E-state index contributed by atoms with van der Waals surface area (Å²) >= 11 is 1.03. The van der Waals surface area contributed by atoms with Crippen LogP contribution in [0.15, 0.2) is 54.1 Å². The molecule has 0 fully saturated rings. The van der Waals surface area contributed by atoms with Gasteiger partial charge in [0.05, 0.1) is 63.0 Å². The first-order chi connectivity index (χ1) is 24.9. The van der Waals surface area contributed by atoms with Crippen LogP contribution in [0.5, 0.6) is 28.7 Å². The lowest BCUT2D eigenvalue weighted by Gasteiger charge is -2.32. The molecule has 14 nitrogen and oxygen atoms in total. The molecule has 4 aromatic rings. The fraction of sp³-hybridized carbons (Fsp3) is 0.378. The molecule has 15 heteroatoms. The van der Waals surface area contributed by atoms with Crippen LogP contribution in [0, 0.1) is 0 Å². The van der Waals surface area contributed by atoms with Crippen molar-refractivity contribution in [1.29, 1.82) is 0 Å². The molecule has 0 spiro atoms. The summed E-state index contributed by atoms with van der Waals surface area (Å²) in [7, 11) is 4.41. The summed E-state index contributed by atoms with van der Waals surface area (Å²) in [5, 5.41) is 2.41. The lowest BCUT2D eigenvalue weighted by atomic mass is 9.87. The van der Waals surface area contributed by atoms with Gasteiger partial charge in [0, 0.05) is 12.0 Å². The summed E-state index contributed by atoms with van der Waals surface area (Å²) in [6, 6.07) is 13.5. The largest absolute Gasteiger partial charge is 0.497 e. The molecule has 0 saturated carbocycles. The summed E-state index contributed by atoms with van der Waals surface area (Å²) in [4.78, 5) is 40.1. The van der Waals surface area contributed by atoms with Gasteiger partial charge >= 0.3 is 23.8 Å². The van der Waals surface area contributed by atoms with Crippen molar-refractivity contribution in [2.45, 2.75) is 59.0 Å². The van der Waals surface area contributed by atoms with Crippen LogP contribution < -0.4 is 29.0 Å². The van der Waals surface area contributed by atoms with E-state index in [2.05, 4.69) is 14.1 Å². The molecule has 0 radical (unpaired) electrons. The molecule has 0 saturated heterocycles. The van der Waals surface area contributed by atoms with Crippen LogP contribution >= 0.6 is 11.7 Å². The van der Waals surface area contributed by atoms with Crippen molar-refractivity contribution in [1.82, 2.24) is 14.1 Å². The molecule has 0 aliphatic carbocycles. The molecule has 0 bridgehead atoms. The zero-order chi connectivity index (χ0) is 37.6. The van der Waals surface area contributed by atoms with Gasteiger partial charge in [-0.15, -0.1) is 0 Å². The Morgan fingerprint density at radius 1 is 0.865 bits per heavy atom. The Morgan fingerprint density at radius 2 is 1.58 bits per heavy atom. The van der Waals surface area contributed by atoms with Crippen molar-refractivity contribution >= 4 is 46.4 Å². The van der Waals surface area contributed by atoms with Crippen LogP contribution in [-0.2, 0) is 36.0 Å². The Bertz CT molecular complexity index is 1990. The molecular weight excluding hydrogens is 694 g/mol. The van der Waals surface area contributed by atoms with Crippen LogP contribution in [0.4, 0.5) is 4.79 Å². The number of alkyl carbamates (subject to hydrolysis) is 1. The molecule has 5 rings (SSSR count). The highest BCUT2D eigenvalue weighted by molar-refractivity contribution is 7.00. The predicted octanol–water partition coefficient (Wildman–Crippen LogP) is 5.99. The van der Waals surface area contributed by atoms with E-state index in [4.69, 9.17) is 37.9 Å². The number of carbonyl (C=O) groups is 3. The summed E-state index contributed by atoms with van der Waals surface area (Å²) in [6.07, 6.45) is -1.56. The average molecular weight is 736 g/mol. The van der Waals surface area contributed by atoms with Gasteiger partial charge in [-0.1, -0.05) is 6.07 Å². The number of methoxy groups -OCH3 is 3. The average Bonchev–Trinajstić information content (AvgIpc) is 3.69. The van der Waals surface area contributed by atoms with E-state index in [9.17, 15) is 14.4 Å². The third kappa shape index (κ3) is 7.99.